The number of thioether (sulfide) groups is 1. The first kappa shape index (κ1) is 23.4. The maximum absolute atomic E-state index is 12.3. The Morgan fingerprint density at radius 3 is 2.65 bits per heavy atom. The van der Waals surface area contributed by atoms with Crippen molar-refractivity contribution in [3.05, 3.63) is 29.8 Å². The topological polar surface area (TPSA) is 67.6 Å². The molecule has 2 fully saturated rings. The van der Waals surface area contributed by atoms with E-state index in [1.165, 1.54) is 5.75 Å². The molecule has 1 unspecified atom stereocenters. The number of nitrogens with two attached hydrogens (primary N) is 1. The molecule has 0 spiro atoms. The fourth-order valence-electron chi connectivity index (χ4n) is 3.50. The summed E-state index contributed by atoms with van der Waals surface area (Å²) in [6.45, 7) is 4.28. The molecule has 2 aliphatic heterocycles. The molecule has 0 radical (unpaired) electrons. The number of nitrogens with zero attached hydrogens (tertiary/aromatic N) is 1. The fraction of sp³-hybridized carbons (Fsp3) is 0.611. The van der Waals surface area contributed by atoms with Crippen LogP contribution in [0.15, 0.2) is 24.3 Å². The van der Waals surface area contributed by atoms with Gasteiger partial charge in [0.2, 0.25) is 5.91 Å². The van der Waals surface area contributed by atoms with E-state index in [2.05, 4.69) is 10.2 Å². The molecule has 0 aromatic heterocycles. The molecule has 3 N–H and O–H groups in total. The van der Waals surface area contributed by atoms with Crippen LogP contribution in [0.2, 0.25) is 0 Å². The largest absolute Gasteiger partial charge is 0.399 e. The van der Waals surface area contributed by atoms with Crippen LogP contribution in [-0.4, -0.2) is 60.7 Å². The molecule has 26 heavy (non-hydrogen) atoms. The van der Waals surface area contributed by atoms with Crippen molar-refractivity contribution in [2.75, 3.05) is 50.1 Å². The average Bonchev–Trinajstić information content (AvgIpc) is 3.10. The van der Waals surface area contributed by atoms with Gasteiger partial charge in [0.05, 0.1) is 13.2 Å². The number of rotatable bonds is 6. The third-order valence-corrected chi connectivity index (χ3v) is 6.29. The summed E-state index contributed by atoms with van der Waals surface area (Å²) < 4.78 is 5.48. The second kappa shape index (κ2) is 11.2. The number of nitrogens with one attached hydrogen (secondary N) is 1. The van der Waals surface area contributed by atoms with E-state index in [1.54, 1.807) is 0 Å². The number of amides is 1. The maximum atomic E-state index is 12.3. The molecule has 1 amide bonds. The first-order valence-corrected chi connectivity index (χ1v) is 9.86. The Morgan fingerprint density at radius 2 is 2.00 bits per heavy atom. The van der Waals surface area contributed by atoms with E-state index in [9.17, 15) is 4.79 Å². The summed E-state index contributed by atoms with van der Waals surface area (Å²) in [5.41, 5.74) is 7.87. The van der Waals surface area contributed by atoms with Crippen molar-refractivity contribution in [1.29, 1.82) is 0 Å². The first-order valence-electron chi connectivity index (χ1n) is 8.70. The number of hydrogen-bond donors (Lipinski definition) is 2. The van der Waals surface area contributed by atoms with E-state index in [1.807, 2.05) is 36.0 Å². The zero-order chi connectivity index (χ0) is 16.8. The number of ether oxygens (including phenoxy) is 1. The number of carbonyl (C=O) groups excluding carboxylic acids is 1. The van der Waals surface area contributed by atoms with Crippen molar-refractivity contribution < 1.29 is 9.53 Å². The van der Waals surface area contributed by atoms with E-state index in [0.717, 1.165) is 56.3 Å². The monoisotopic (exact) mass is 421 g/mol. The minimum Gasteiger partial charge on any atom is -0.399 e. The second-order valence-electron chi connectivity index (χ2n) is 6.60. The fourth-order valence-corrected chi connectivity index (χ4v) is 4.97. The number of aryl methyl sites for hydroxylation is 1. The van der Waals surface area contributed by atoms with Crippen LogP contribution in [0.4, 0.5) is 5.69 Å². The lowest BCUT2D eigenvalue weighted by molar-refractivity contribution is -0.121. The smallest absolute Gasteiger partial charge is 0.220 e. The third-order valence-electron chi connectivity index (χ3n) is 5.06. The molecular weight excluding hydrogens is 393 g/mol. The van der Waals surface area contributed by atoms with E-state index in [-0.39, 0.29) is 36.3 Å². The van der Waals surface area contributed by atoms with Crippen molar-refractivity contribution in [2.24, 2.45) is 0 Å². The van der Waals surface area contributed by atoms with Crippen molar-refractivity contribution in [3.63, 3.8) is 0 Å². The van der Waals surface area contributed by atoms with Crippen molar-refractivity contribution in [3.8, 4) is 0 Å². The number of carbonyl (C=O) groups is 1. The predicted molar refractivity (Wildman–Crippen MR) is 114 cm³/mol. The zero-order valence-corrected chi connectivity index (χ0v) is 17.4. The van der Waals surface area contributed by atoms with Gasteiger partial charge in [-0.25, -0.2) is 0 Å². The van der Waals surface area contributed by atoms with Crippen LogP contribution in [0.5, 0.6) is 0 Å². The molecule has 2 heterocycles. The van der Waals surface area contributed by atoms with E-state index in [4.69, 9.17) is 10.5 Å². The van der Waals surface area contributed by atoms with Gasteiger partial charge in [-0.2, -0.15) is 11.8 Å². The van der Waals surface area contributed by atoms with Crippen LogP contribution in [0.1, 0.15) is 18.4 Å². The lowest BCUT2D eigenvalue weighted by Gasteiger charge is -2.43. The number of hydrogen-bond acceptors (Lipinski definition) is 5. The van der Waals surface area contributed by atoms with Crippen LogP contribution < -0.4 is 11.1 Å². The Hall–Kier alpha value is -0.660. The zero-order valence-electron chi connectivity index (χ0n) is 14.9. The number of anilines is 1. The Bertz CT molecular complexity index is 565. The molecule has 2 saturated heterocycles. The highest BCUT2D eigenvalue weighted by Gasteiger charge is 2.40. The summed E-state index contributed by atoms with van der Waals surface area (Å²) in [6, 6.07) is 7.76. The summed E-state index contributed by atoms with van der Waals surface area (Å²) in [6.07, 6.45) is 2.32. The molecule has 8 heteroatoms. The predicted octanol–water partition coefficient (Wildman–Crippen LogP) is 2.37. The highest BCUT2D eigenvalue weighted by Crippen LogP contribution is 2.33. The highest BCUT2D eigenvalue weighted by molar-refractivity contribution is 7.99. The summed E-state index contributed by atoms with van der Waals surface area (Å²) in [7, 11) is 0. The van der Waals surface area contributed by atoms with Crippen LogP contribution in [0.25, 0.3) is 0 Å². The quantitative estimate of drug-likeness (QED) is 0.689. The molecular formula is C18H29Cl2N3O2S. The normalized spacial score (nSPS) is 22.9. The van der Waals surface area contributed by atoms with E-state index in [0.29, 0.717) is 12.8 Å². The summed E-state index contributed by atoms with van der Waals surface area (Å²) >= 11 is 1.99. The molecule has 0 bridgehead atoms. The molecule has 5 nitrogen and oxygen atoms in total. The van der Waals surface area contributed by atoms with Crippen LogP contribution in [-0.2, 0) is 16.0 Å². The van der Waals surface area contributed by atoms with Gasteiger partial charge >= 0.3 is 0 Å². The van der Waals surface area contributed by atoms with E-state index >= 15 is 0 Å². The van der Waals surface area contributed by atoms with Gasteiger partial charge in [0.15, 0.2) is 0 Å². The Morgan fingerprint density at radius 1 is 1.27 bits per heavy atom. The molecule has 0 aliphatic carbocycles. The molecule has 1 atom stereocenters. The Kier molecular flexibility index (Phi) is 10.1. The van der Waals surface area contributed by atoms with Crippen molar-refractivity contribution in [2.45, 2.75) is 24.8 Å². The van der Waals surface area contributed by atoms with E-state index < -0.39 is 0 Å². The number of morpholine rings is 1. The average molecular weight is 422 g/mol. The van der Waals surface area contributed by atoms with Crippen molar-refractivity contribution >= 4 is 48.2 Å². The van der Waals surface area contributed by atoms with Crippen LogP contribution in [0.3, 0.4) is 0 Å². The Balaban J connectivity index is 0.00000169. The number of para-hydroxylation sites is 1. The molecule has 1 aromatic carbocycles. The van der Waals surface area contributed by atoms with Gasteiger partial charge in [0.25, 0.3) is 0 Å². The van der Waals surface area contributed by atoms with Gasteiger partial charge < -0.3 is 15.8 Å². The second-order valence-corrected chi connectivity index (χ2v) is 7.71. The summed E-state index contributed by atoms with van der Waals surface area (Å²) in [5.74, 6) is 2.38. The van der Waals surface area contributed by atoms with Gasteiger partial charge in [-0.15, -0.1) is 24.8 Å². The third kappa shape index (κ3) is 5.92. The van der Waals surface area contributed by atoms with Gasteiger partial charge in [0, 0.05) is 43.0 Å². The van der Waals surface area contributed by atoms with Gasteiger partial charge in [-0.3, -0.25) is 9.69 Å². The molecule has 0 saturated carbocycles. The van der Waals surface area contributed by atoms with Crippen LogP contribution >= 0.6 is 36.6 Å². The SMILES string of the molecule is Cl.Cl.Nc1ccccc1CCC(=O)NCC1(N2CCOCC2)CCSC1. The lowest BCUT2D eigenvalue weighted by Crippen LogP contribution is -2.59. The number of benzene rings is 1. The molecule has 148 valence electrons. The van der Waals surface area contributed by atoms with Gasteiger partial charge in [-0.1, -0.05) is 18.2 Å². The lowest BCUT2D eigenvalue weighted by atomic mass is 9.95. The van der Waals surface area contributed by atoms with Gasteiger partial charge in [0.1, 0.15) is 0 Å². The van der Waals surface area contributed by atoms with Crippen molar-refractivity contribution in [1.82, 2.24) is 10.2 Å². The minimum absolute atomic E-state index is 0. The number of halogens is 2. The first-order chi connectivity index (χ1) is 11.7. The maximum Gasteiger partial charge on any atom is 0.220 e. The molecule has 2 aliphatic rings. The summed E-state index contributed by atoms with van der Waals surface area (Å²) in [4.78, 5) is 14.8. The summed E-state index contributed by atoms with van der Waals surface area (Å²) in [5, 5.41) is 3.18. The minimum atomic E-state index is 0. The molecule has 1 aromatic rings. The van der Waals surface area contributed by atoms with Crippen LogP contribution in [0, 0.1) is 0 Å². The number of nitrogen functional groups attached to an aromatic ring is 1. The highest BCUT2D eigenvalue weighted by atomic mass is 35.5. The van der Waals surface area contributed by atoms with Gasteiger partial charge in [-0.05, 0) is 30.2 Å². The Labute approximate surface area is 172 Å². The standard InChI is InChI=1S/C18H27N3O2S.2ClH/c19-16-4-2-1-3-15(16)5-6-17(22)20-13-18(7-12-24-14-18)21-8-10-23-11-9-21;;/h1-4H,5-14,19H2,(H,20,22);2*1H. The molecule has 3 rings (SSSR count).